The summed E-state index contributed by atoms with van der Waals surface area (Å²) in [6.45, 7) is 2.03. The Balaban J connectivity index is 2.09. The minimum absolute atomic E-state index is 0.132. The molecule has 27 heavy (non-hydrogen) atoms. The zero-order chi connectivity index (χ0) is 19.6. The maximum atomic E-state index is 12.6. The third-order valence-electron chi connectivity index (χ3n) is 3.83. The van der Waals surface area contributed by atoms with Crippen molar-refractivity contribution in [2.24, 2.45) is 7.05 Å². The molecule has 0 saturated carbocycles. The van der Waals surface area contributed by atoms with E-state index < -0.39 is 5.51 Å². The lowest BCUT2D eigenvalue weighted by molar-refractivity contribution is -0.0329. The van der Waals surface area contributed by atoms with Crippen molar-refractivity contribution in [1.82, 2.24) is 14.5 Å². The number of halogens is 3. The van der Waals surface area contributed by atoms with Gasteiger partial charge in [-0.25, -0.2) is 9.97 Å². The van der Waals surface area contributed by atoms with Crippen molar-refractivity contribution in [1.29, 1.82) is 5.26 Å². The number of nitriles is 1. The van der Waals surface area contributed by atoms with E-state index >= 15 is 0 Å². The van der Waals surface area contributed by atoms with Crippen LogP contribution in [0.5, 0.6) is 0 Å². The standard InChI is InChI=1S/C18H15F3N4S2/c1-3-26-15-8-11(6-7-22)4-5-12(15)17-24-13-9-16(27-18(19,20)21)23-10-14(13)25(17)2/h4-5,8-10H,3,6H2,1-2H3. The number of thioether (sulfide) groups is 2. The van der Waals surface area contributed by atoms with Gasteiger partial charge in [0.25, 0.3) is 0 Å². The number of hydrogen-bond acceptors (Lipinski definition) is 5. The number of alkyl halides is 3. The summed E-state index contributed by atoms with van der Waals surface area (Å²) in [5.41, 5.74) is -1.47. The van der Waals surface area contributed by atoms with E-state index in [4.69, 9.17) is 5.26 Å². The summed E-state index contributed by atoms with van der Waals surface area (Å²) in [7, 11) is 1.81. The van der Waals surface area contributed by atoms with Crippen molar-refractivity contribution in [3.05, 3.63) is 36.0 Å². The monoisotopic (exact) mass is 408 g/mol. The number of benzene rings is 1. The summed E-state index contributed by atoms with van der Waals surface area (Å²) in [6.07, 6.45) is 1.73. The van der Waals surface area contributed by atoms with E-state index in [2.05, 4.69) is 16.0 Å². The molecule has 0 spiro atoms. The van der Waals surface area contributed by atoms with Crippen LogP contribution in [0.1, 0.15) is 12.5 Å². The minimum Gasteiger partial charge on any atom is -0.326 e. The second-order valence-electron chi connectivity index (χ2n) is 5.65. The molecule has 0 unspecified atom stereocenters. The van der Waals surface area contributed by atoms with Gasteiger partial charge in [-0.1, -0.05) is 13.0 Å². The predicted molar refractivity (Wildman–Crippen MR) is 102 cm³/mol. The van der Waals surface area contributed by atoms with Crippen LogP contribution in [0.15, 0.2) is 40.4 Å². The van der Waals surface area contributed by atoms with Crippen molar-refractivity contribution in [3.63, 3.8) is 0 Å². The first-order valence-electron chi connectivity index (χ1n) is 8.03. The van der Waals surface area contributed by atoms with Gasteiger partial charge in [-0.3, -0.25) is 0 Å². The number of pyridine rings is 1. The Hall–Kier alpha value is -2.18. The Morgan fingerprint density at radius 2 is 2.04 bits per heavy atom. The van der Waals surface area contributed by atoms with Crippen LogP contribution >= 0.6 is 23.5 Å². The molecule has 140 valence electrons. The third-order valence-corrected chi connectivity index (χ3v) is 5.43. The number of aromatic nitrogens is 3. The van der Waals surface area contributed by atoms with Gasteiger partial charge >= 0.3 is 5.51 Å². The van der Waals surface area contributed by atoms with Crippen LogP contribution in [0.3, 0.4) is 0 Å². The molecular formula is C18H15F3N4S2. The summed E-state index contributed by atoms with van der Waals surface area (Å²) >= 11 is 1.39. The largest absolute Gasteiger partial charge is 0.447 e. The summed E-state index contributed by atoms with van der Waals surface area (Å²) in [4.78, 5) is 9.44. The van der Waals surface area contributed by atoms with Gasteiger partial charge in [-0.2, -0.15) is 18.4 Å². The van der Waals surface area contributed by atoms with Gasteiger partial charge < -0.3 is 4.57 Å². The highest BCUT2D eigenvalue weighted by Gasteiger charge is 2.30. The highest BCUT2D eigenvalue weighted by atomic mass is 32.2. The fourth-order valence-corrected chi connectivity index (χ4v) is 4.09. The number of fused-ring (bicyclic) bond motifs is 1. The zero-order valence-electron chi connectivity index (χ0n) is 14.5. The van der Waals surface area contributed by atoms with Crippen molar-refractivity contribution < 1.29 is 13.2 Å². The SMILES string of the molecule is CCSc1cc(CC#N)ccc1-c1nc2cc(SC(F)(F)F)ncc2n1C. The number of aryl methyl sites for hydroxylation is 1. The van der Waals surface area contributed by atoms with E-state index in [0.717, 1.165) is 21.8 Å². The van der Waals surface area contributed by atoms with E-state index in [0.29, 0.717) is 23.3 Å². The number of hydrogen-bond donors (Lipinski definition) is 0. The molecule has 0 aliphatic carbocycles. The summed E-state index contributed by atoms with van der Waals surface area (Å²) in [6, 6.07) is 9.24. The van der Waals surface area contributed by atoms with Gasteiger partial charge in [0.05, 0.1) is 29.7 Å². The first kappa shape index (κ1) is 19.6. The van der Waals surface area contributed by atoms with Crippen LogP contribution in [0, 0.1) is 11.3 Å². The van der Waals surface area contributed by atoms with E-state index in [1.54, 1.807) is 11.8 Å². The molecule has 3 aromatic rings. The number of rotatable bonds is 5. The van der Waals surface area contributed by atoms with Crippen LogP contribution in [0.4, 0.5) is 13.2 Å². The molecule has 0 radical (unpaired) electrons. The lowest BCUT2D eigenvalue weighted by Gasteiger charge is -2.10. The molecule has 2 heterocycles. The van der Waals surface area contributed by atoms with Gasteiger partial charge in [0.15, 0.2) is 0 Å². The highest BCUT2D eigenvalue weighted by Crippen LogP contribution is 2.38. The molecule has 0 saturated heterocycles. The summed E-state index contributed by atoms with van der Waals surface area (Å²) in [5.74, 6) is 1.50. The zero-order valence-corrected chi connectivity index (χ0v) is 16.2. The smallest absolute Gasteiger partial charge is 0.326 e. The second kappa shape index (κ2) is 7.82. The first-order chi connectivity index (χ1) is 12.8. The average Bonchev–Trinajstić information content (AvgIpc) is 2.90. The maximum absolute atomic E-state index is 12.6. The normalized spacial score (nSPS) is 11.7. The van der Waals surface area contributed by atoms with Crippen molar-refractivity contribution >= 4 is 34.6 Å². The fraction of sp³-hybridized carbons (Fsp3) is 0.278. The third kappa shape index (κ3) is 4.39. The molecule has 2 aromatic heterocycles. The lowest BCUT2D eigenvalue weighted by atomic mass is 10.1. The van der Waals surface area contributed by atoms with Crippen molar-refractivity contribution in [3.8, 4) is 17.5 Å². The Morgan fingerprint density at radius 1 is 1.26 bits per heavy atom. The van der Waals surface area contributed by atoms with Gasteiger partial charge in [0.1, 0.15) is 10.9 Å². The lowest BCUT2D eigenvalue weighted by Crippen LogP contribution is -2.00. The molecular weight excluding hydrogens is 393 g/mol. The number of nitrogens with zero attached hydrogens (tertiary/aromatic N) is 4. The summed E-state index contributed by atoms with van der Waals surface area (Å²) < 4.78 is 39.6. The molecule has 0 atom stereocenters. The topological polar surface area (TPSA) is 54.5 Å². The first-order valence-corrected chi connectivity index (χ1v) is 9.84. The van der Waals surface area contributed by atoms with Crippen molar-refractivity contribution in [2.75, 3.05) is 5.75 Å². The van der Waals surface area contributed by atoms with Crippen LogP contribution in [0.2, 0.25) is 0 Å². The van der Waals surface area contributed by atoms with Gasteiger partial charge in [0.2, 0.25) is 0 Å². The Kier molecular flexibility index (Phi) is 5.67. The van der Waals surface area contributed by atoms with Crippen LogP contribution in [-0.4, -0.2) is 25.8 Å². The quantitative estimate of drug-likeness (QED) is 0.527. The molecule has 0 fully saturated rings. The molecule has 0 aliphatic rings. The van der Waals surface area contributed by atoms with Crippen LogP contribution < -0.4 is 0 Å². The van der Waals surface area contributed by atoms with Crippen LogP contribution in [-0.2, 0) is 13.5 Å². The second-order valence-corrected chi connectivity index (χ2v) is 8.04. The molecule has 0 N–H and O–H groups in total. The van der Waals surface area contributed by atoms with Gasteiger partial charge in [0, 0.05) is 29.3 Å². The molecule has 0 amide bonds. The Labute approximate surface area is 162 Å². The minimum atomic E-state index is -4.39. The molecule has 9 heteroatoms. The van der Waals surface area contributed by atoms with Gasteiger partial charge in [-0.15, -0.1) is 11.8 Å². The molecule has 4 nitrogen and oxygen atoms in total. The van der Waals surface area contributed by atoms with E-state index in [1.165, 1.54) is 12.3 Å². The van der Waals surface area contributed by atoms with E-state index in [-0.39, 0.29) is 16.8 Å². The van der Waals surface area contributed by atoms with Crippen LogP contribution in [0.25, 0.3) is 22.4 Å². The Morgan fingerprint density at radius 3 is 2.70 bits per heavy atom. The predicted octanol–water partition coefficient (Wildman–Crippen LogP) is 5.43. The molecule has 0 bridgehead atoms. The summed E-state index contributed by atoms with van der Waals surface area (Å²) in [5, 5.41) is 8.78. The number of imidazole rings is 1. The molecule has 0 aliphatic heterocycles. The van der Waals surface area contributed by atoms with E-state index in [1.807, 2.05) is 36.7 Å². The Bertz CT molecular complexity index is 1020. The maximum Gasteiger partial charge on any atom is 0.447 e. The highest BCUT2D eigenvalue weighted by molar-refractivity contribution is 8.00. The van der Waals surface area contributed by atoms with E-state index in [9.17, 15) is 13.2 Å². The van der Waals surface area contributed by atoms with Crippen molar-refractivity contribution in [2.45, 2.75) is 28.8 Å². The molecule has 1 aromatic carbocycles. The molecule has 3 rings (SSSR count). The fourth-order valence-electron chi connectivity index (χ4n) is 2.71. The average molecular weight is 408 g/mol. The van der Waals surface area contributed by atoms with Gasteiger partial charge in [-0.05, 0) is 29.5 Å².